The fourth-order valence-electron chi connectivity index (χ4n) is 2.51. The molecule has 0 saturated heterocycles. The molecule has 2 N–H and O–H groups in total. The summed E-state index contributed by atoms with van der Waals surface area (Å²) in [6.07, 6.45) is -0.410. The molecule has 2 rings (SSSR count). The van der Waals surface area contributed by atoms with Crippen molar-refractivity contribution in [2.24, 2.45) is 0 Å². The second kappa shape index (κ2) is 8.87. The van der Waals surface area contributed by atoms with Gasteiger partial charge in [-0.25, -0.2) is 4.79 Å². The quantitative estimate of drug-likeness (QED) is 0.831. The van der Waals surface area contributed by atoms with Crippen molar-refractivity contribution in [3.8, 4) is 0 Å². The van der Waals surface area contributed by atoms with Crippen molar-refractivity contribution in [3.63, 3.8) is 0 Å². The van der Waals surface area contributed by atoms with Gasteiger partial charge in [0.05, 0.1) is 19.1 Å². The van der Waals surface area contributed by atoms with Crippen molar-refractivity contribution in [2.75, 3.05) is 11.9 Å². The third kappa shape index (κ3) is 5.64. The van der Waals surface area contributed by atoms with E-state index in [-0.39, 0.29) is 18.9 Å². The lowest BCUT2D eigenvalue weighted by molar-refractivity contribution is -0.116. The lowest BCUT2D eigenvalue weighted by atomic mass is 10.0. The Morgan fingerprint density at radius 2 is 1.80 bits per heavy atom. The first-order chi connectivity index (χ1) is 12.0. The summed E-state index contributed by atoms with van der Waals surface area (Å²) in [5.74, 6) is -0.167. The third-order valence-corrected chi connectivity index (χ3v) is 3.83. The number of anilines is 1. The minimum absolute atomic E-state index is 0.121. The maximum Gasteiger partial charge on any atom is 0.407 e. The Morgan fingerprint density at radius 1 is 1.08 bits per heavy atom. The molecular weight excluding hydrogens is 316 g/mol. The van der Waals surface area contributed by atoms with E-state index in [0.29, 0.717) is 0 Å². The van der Waals surface area contributed by atoms with Gasteiger partial charge in [0.2, 0.25) is 5.91 Å². The van der Waals surface area contributed by atoms with Gasteiger partial charge in [0.15, 0.2) is 0 Å². The molecule has 0 aromatic heterocycles. The number of benzene rings is 2. The minimum atomic E-state index is -0.532. The Hall–Kier alpha value is -2.82. The van der Waals surface area contributed by atoms with Gasteiger partial charge in [0.25, 0.3) is 0 Å². The fourth-order valence-corrected chi connectivity index (χ4v) is 2.51. The van der Waals surface area contributed by atoms with Gasteiger partial charge in [-0.05, 0) is 43.5 Å². The molecule has 0 radical (unpaired) electrons. The molecule has 1 atom stereocenters. The van der Waals surface area contributed by atoms with Crippen LogP contribution in [0.15, 0.2) is 48.5 Å². The van der Waals surface area contributed by atoms with Crippen LogP contribution in [0.5, 0.6) is 0 Å². The van der Waals surface area contributed by atoms with Gasteiger partial charge in [0.1, 0.15) is 0 Å². The van der Waals surface area contributed by atoms with Crippen molar-refractivity contribution in [1.29, 1.82) is 0 Å². The lowest BCUT2D eigenvalue weighted by Crippen LogP contribution is -2.32. The number of alkyl carbamates (subject to hydrolysis) is 1. The van der Waals surface area contributed by atoms with Crippen LogP contribution in [0.3, 0.4) is 0 Å². The van der Waals surface area contributed by atoms with Crippen LogP contribution < -0.4 is 10.6 Å². The van der Waals surface area contributed by atoms with E-state index in [9.17, 15) is 9.59 Å². The van der Waals surface area contributed by atoms with Crippen LogP contribution in [0, 0.1) is 13.8 Å². The second-order valence-electron chi connectivity index (χ2n) is 5.90. The van der Waals surface area contributed by atoms with Crippen LogP contribution in [-0.2, 0) is 9.53 Å². The number of rotatable bonds is 6. The summed E-state index contributed by atoms with van der Waals surface area (Å²) < 4.78 is 4.95. The van der Waals surface area contributed by atoms with Crippen molar-refractivity contribution < 1.29 is 14.3 Å². The van der Waals surface area contributed by atoms with Gasteiger partial charge in [-0.2, -0.15) is 0 Å². The Labute approximate surface area is 148 Å². The molecule has 0 bridgehead atoms. The Balaban J connectivity index is 2.11. The highest BCUT2D eigenvalue weighted by molar-refractivity contribution is 5.92. The van der Waals surface area contributed by atoms with Gasteiger partial charge in [-0.1, -0.05) is 42.5 Å². The molecule has 2 amide bonds. The summed E-state index contributed by atoms with van der Waals surface area (Å²) in [4.78, 5) is 24.3. The molecule has 0 saturated carbocycles. The molecule has 0 spiro atoms. The summed E-state index contributed by atoms with van der Waals surface area (Å²) in [6, 6.07) is 14.8. The van der Waals surface area contributed by atoms with E-state index in [0.717, 1.165) is 22.4 Å². The average Bonchev–Trinajstić information content (AvgIpc) is 2.58. The van der Waals surface area contributed by atoms with E-state index in [4.69, 9.17) is 4.74 Å². The molecule has 132 valence electrons. The molecule has 0 aliphatic heterocycles. The number of carbonyl (C=O) groups excluding carboxylic acids is 2. The van der Waals surface area contributed by atoms with E-state index >= 15 is 0 Å². The van der Waals surface area contributed by atoms with Crippen molar-refractivity contribution in [3.05, 3.63) is 65.2 Å². The summed E-state index contributed by atoms with van der Waals surface area (Å²) >= 11 is 0. The summed E-state index contributed by atoms with van der Waals surface area (Å²) in [5, 5.41) is 5.68. The number of hydrogen-bond acceptors (Lipinski definition) is 3. The van der Waals surface area contributed by atoms with Gasteiger partial charge in [-0.15, -0.1) is 0 Å². The molecule has 5 heteroatoms. The van der Waals surface area contributed by atoms with E-state index in [1.54, 1.807) is 6.92 Å². The van der Waals surface area contributed by atoms with E-state index in [1.807, 2.05) is 62.4 Å². The third-order valence-electron chi connectivity index (χ3n) is 3.83. The molecule has 25 heavy (non-hydrogen) atoms. The van der Waals surface area contributed by atoms with Crippen molar-refractivity contribution >= 4 is 17.7 Å². The number of carbonyl (C=O) groups is 2. The van der Waals surface area contributed by atoms with Crippen LogP contribution in [-0.4, -0.2) is 18.6 Å². The number of amides is 2. The first-order valence-electron chi connectivity index (χ1n) is 8.35. The SMILES string of the molecule is CCOC(=O)N[C@H](CC(=O)Nc1cc(C)ccc1C)c1ccccc1. The molecule has 0 heterocycles. The van der Waals surface area contributed by atoms with Crippen LogP contribution >= 0.6 is 0 Å². The van der Waals surface area contributed by atoms with Gasteiger partial charge in [-0.3, -0.25) is 4.79 Å². The predicted octanol–water partition coefficient (Wildman–Crippen LogP) is 4.12. The van der Waals surface area contributed by atoms with E-state index < -0.39 is 12.1 Å². The fraction of sp³-hybridized carbons (Fsp3) is 0.300. The molecule has 2 aromatic rings. The summed E-state index contributed by atoms with van der Waals surface area (Å²) in [7, 11) is 0. The normalized spacial score (nSPS) is 11.5. The molecule has 0 fully saturated rings. The average molecular weight is 340 g/mol. The molecule has 5 nitrogen and oxygen atoms in total. The van der Waals surface area contributed by atoms with Gasteiger partial charge < -0.3 is 15.4 Å². The molecule has 0 unspecified atom stereocenters. The van der Waals surface area contributed by atoms with Crippen molar-refractivity contribution in [2.45, 2.75) is 33.2 Å². The Kier molecular flexibility index (Phi) is 6.57. The Bertz CT molecular complexity index is 729. The van der Waals surface area contributed by atoms with Crippen LogP contribution in [0.25, 0.3) is 0 Å². The van der Waals surface area contributed by atoms with Crippen molar-refractivity contribution in [1.82, 2.24) is 5.32 Å². The first kappa shape index (κ1) is 18.5. The Morgan fingerprint density at radius 3 is 2.48 bits per heavy atom. The number of hydrogen-bond donors (Lipinski definition) is 2. The molecular formula is C20H24N2O3. The van der Waals surface area contributed by atoms with E-state index in [1.165, 1.54) is 0 Å². The van der Waals surface area contributed by atoms with Gasteiger partial charge >= 0.3 is 6.09 Å². The van der Waals surface area contributed by atoms with Crippen LogP contribution in [0.1, 0.15) is 36.1 Å². The summed E-state index contributed by atoms with van der Waals surface area (Å²) in [5.41, 5.74) is 3.71. The highest BCUT2D eigenvalue weighted by atomic mass is 16.5. The zero-order valence-corrected chi connectivity index (χ0v) is 14.8. The number of ether oxygens (including phenoxy) is 1. The van der Waals surface area contributed by atoms with Gasteiger partial charge in [0, 0.05) is 5.69 Å². The predicted molar refractivity (Wildman–Crippen MR) is 98.5 cm³/mol. The molecule has 0 aliphatic rings. The smallest absolute Gasteiger partial charge is 0.407 e. The second-order valence-corrected chi connectivity index (χ2v) is 5.90. The number of nitrogens with one attached hydrogen (secondary N) is 2. The standard InChI is InChI=1S/C20H24N2O3/c1-4-25-20(24)22-18(16-8-6-5-7-9-16)13-19(23)21-17-12-14(2)10-11-15(17)3/h5-12,18H,4,13H2,1-3H3,(H,21,23)(H,22,24)/t18-/m1/s1. The highest BCUT2D eigenvalue weighted by Gasteiger charge is 2.19. The molecule has 2 aromatic carbocycles. The maximum absolute atomic E-state index is 12.5. The largest absolute Gasteiger partial charge is 0.450 e. The first-order valence-corrected chi connectivity index (χ1v) is 8.35. The van der Waals surface area contributed by atoms with E-state index in [2.05, 4.69) is 10.6 Å². The monoisotopic (exact) mass is 340 g/mol. The van der Waals surface area contributed by atoms with Crippen LogP contribution in [0.2, 0.25) is 0 Å². The molecule has 0 aliphatic carbocycles. The zero-order chi connectivity index (χ0) is 18.2. The van der Waals surface area contributed by atoms with Crippen LogP contribution in [0.4, 0.5) is 10.5 Å². The minimum Gasteiger partial charge on any atom is -0.450 e. The topological polar surface area (TPSA) is 67.4 Å². The number of aryl methyl sites for hydroxylation is 2. The highest BCUT2D eigenvalue weighted by Crippen LogP contribution is 2.20. The summed E-state index contributed by atoms with van der Waals surface area (Å²) in [6.45, 7) is 5.94. The lowest BCUT2D eigenvalue weighted by Gasteiger charge is -2.19. The maximum atomic E-state index is 12.5. The zero-order valence-electron chi connectivity index (χ0n) is 14.8.